The Balaban J connectivity index is 1.99. The molecule has 138 valence electrons. The molecule has 1 aliphatic rings. The van der Waals surface area contributed by atoms with E-state index in [2.05, 4.69) is 45.9 Å². The summed E-state index contributed by atoms with van der Waals surface area (Å²) in [6, 6.07) is 12.7. The van der Waals surface area contributed by atoms with Gasteiger partial charge in [-0.15, -0.1) is 0 Å². The Morgan fingerprint density at radius 1 is 1.04 bits per heavy atom. The number of methoxy groups -OCH3 is 1. The maximum absolute atomic E-state index is 13.3. The van der Waals surface area contributed by atoms with Crippen LogP contribution in [0.3, 0.4) is 0 Å². The van der Waals surface area contributed by atoms with Gasteiger partial charge in [-0.05, 0) is 82.0 Å². The van der Waals surface area contributed by atoms with Gasteiger partial charge in [0.05, 0.1) is 7.11 Å². The summed E-state index contributed by atoms with van der Waals surface area (Å²) < 4.78 is 5.37. The molecule has 0 N–H and O–H groups in total. The Morgan fingerprint density at radius 2 is 1.77 bits per heavy atom. The monoisotopic (exact) mass is 369 g/mol. The van der Waals surface area contributed by atoms with Crippen molar-refractivity contribution in [2.45, 2.75) is 62.4 Å². The first-order chi connectivity index (χ1) is 12.4. The van der Waals surface area contributed by atoms with E-state index in [1.54, 1.807) is 18.9 Å². The summed E-state index contributed by atoms with van der Waals surface area (Å²) in [5.41, 5.74) is 3.30. The van der Waals surface area contributed by atoms with Crippen LogP contribution in [0.15, 0.2) is 46.2 Å². The molecule has 2 aromatic carbocycles. The van der Waals surface area contributed by atoms with E-state index in [9.17, 15) is 4.79 Å². The molecule has 26 heavy (non-hydrogen) atoms. The first kappa shape index (κ1) is 18.8. The van der Waals surface area contributed by atoms with Crippen molar-refractivity contribution in [1.29, 1.82) is 0 Å². The summed E-state index contributed by atoms with van der Waals surface area (Å²) in [5.74, 6) is 1.02. The molecule has 3 nitrogen and oxygen atoms in total. The highest BCUT2D eigenvalue weighted by atomic mass is 32.2. The third-order valence-corrected chi connectivity index (χ3v) is 6.06. The number of fused-ring (bicyclic) bond motifs is 2. The lowest BCUT2D eigenvalue weighted by molar-refractivity contribution is 0.0642. The average Bonchev–Trinajstić information content (AvgIpc) is 2.79. The fourth-order valence-corrected chi connectivity index (χ4v) is 4.83. The van der Waals surface area contributed by atoms with E-state index in [1.165, 1.54) is 20.9 Å². The van der Waals surface area contributed by atoms with Gasteiger partial charge in [0.25, 0.3) is 5.91 Å². The average molecular weight is 370 g/mol. The Bertz CT molecular complexity index is 806. The number of benzene rings is 2. The largest absolute Gasteiger partial charge is 0.497 e. The molecule has 0 fully saturated rings. The second-order valence-corrected chi connectivity index (χ2v) is 8.34. The molecule has 4 heteroatoms. The number of amides is 1. The number of hydrogen-bond donors (Lipinski definition) is 0. The van der Waals surface area contributed by atoms with Crippen LogP contribution in [0.2, 0.25) is 0 Å². The van der Waals surface area contributed by atoms with Crippen LogP contribution in [0, 0.1) is 0 Å². The van der Waals surface area contributed by atoms with Gasteiger partial charge in [0.1, 0.15) is 5.75 Å². The molecule has 0 bridgehead atoms. The molecule has 2 aromatic rings. The van der Waals surface area contributed by atoms with Crippen LogP contribution in [-0.2, 0) is 12.8 Å². The summed E-state index contributed by atoms with van der Waals surface area (Å²) in [7, 11) is 1.70. The van der Waals surface area contributed by atoms with E-state index in [-0.39, 0.29) is 18.0 Å². The van der Waals surface area contributed by atoms with E-state index in [1.807, 2.05) is 23.1 Å². The summed E-state index contributed by atoms with van der Waals surface area (Å²) in [4.78, 5) is 17.7. The van der Waals surface area contributed by atoms with Crippen LogP contribution in [0.4, 0.5) is 0 Å². The van der Waals surface area contributed by atoms with E-state index in [4.69, 9.17) is 4.74 Å². The van der Waals surface area contributed by atoms with Crippen LogP contribution in [0.1, 0.15) is 49.2 Å². The number of hydrogen-bond acceptors (Lipinski definition) is 3. The minimum Gasteiger partial charge on any atom is -0.497 e. The first-order valence-corrected chi connectivity index (χ1v) is 10.0. The minimum absolute atomic E-state index is 0.135. The van der Waals surface area contributed by atoms with Crippen molar-refractivity contribution in [2.24, 2.45) is 0 Å². The predicted molar refractivity (Wildman–Crippen MR) is 107 cm³/mol. The molecule has 0 atom stereocenters. The molecule has 1 amide bonds. The summed E-state index contributed by atoms with van der Waals surface area (Å²) >= 11 is 1.76. The number of ether oxygens (including phenoxy) is 1. The number of rotatable bonds is 4. The van der Waals surface area contributed by atoms with Gasteiger partial charge in [-0.2, -0.15) is 0 Å². The summed E-state index contributed by atoms with van der Waals surface area (Å²) in [6.45, 7) is 8.32. The molecule has 0 aliphatic carbocycles. The van der Waals surface area contributed by atoms with Crippen LogP contribution in [0.25, 0.3) is 0 Å². The quantitative estimate of drug-likeness (QED) is 0.741. The molecule has 0 saturated heterocycles. The Hall–Kier alpha value is -1.94. The van der Waals surface area contributed by atoms with Crippen LogP contribution < -0.4 is 4.74 Å². The van der Waals surface area contributed by atoms with Gasteiger partial charge in [-0.25, -0.2) is 0 Å². The van der Waals surface area contributed by atoms with Gasteiger partial charge < -0.3 is 9.64 Å². The lowest BCUT2D eigenvalue weighted by Crippen LogP contribution is -2.42. The zero-order chi connectivity index (χ0) is 18.8. The normalized spacial score (nSPS) is 13.2. The molecule has 0 spiro atoms. The van der Waals surface area contributed by atoms with E-state index < -0.39 is 0 Å². The lowest BCUT2D eigenvalue weighted by Gasteiger charge is -2.31. The van der Waals surface area contributed by atoms with Gasteiger partial charge in [0.15, 0.2) is 0 Å². The minimum atomic E-state index is 0.135. The fourth-order valence-electron chi connectivity index (χ4n) is 3.68. The lowest BCUT2D eigenvalue weighted by atomic mass is 9.98. The predicted octanol–water partition coefficient (Wildman–Crippen LogP) is 5.20. The van der Waals surface area contributed by atoms with Crippen LogP contribution >= 0.6 is 11.8 Å². The highest BCUT2D eigenvalue weighted by molar-refractivity contribution is 7.99. The number of nitrogens with zero attached hydrogens (tertiary/aromatic N) is 1. The molecule has 0 saturated carbocycles. The van der Waals surface area contributed by atoms with Gasteiger partial charge in [0, 0.05) is 27.4 Å². The smallest absolute Gasteiger partial charge is 0.254 e. The van der Waals surface area contributed by atoms with Crippen LogP contribution in [0.5, 0.6) is 5.75 Å². The van der Waals surface area contributed by atoms with E-state index in [0.29, 0.717) is 0 Å². The van der Waals surface area contributed by atoms with Crippen molar-refractivity contribution in [2.75, 3.05) is 7.11 Å². The van der Waals surface area contributed by atoms with Crippen molar-refractivity contribution < 1.29 is 9.53 Å². The molecular formula is C22H27NO2S. The maximum atomic E-state index is 13.3. The maximum Gasteiger partial charge on any atom is 0.254 e. The molecule has 3 rings (SSSR count). The van der Waals surface area contributed by atoms with Crippen molar-refractivity contribution in [3.63, 3.8) is 0 Å². The van der Waals surface area contributed by atoms with Crippen molar-refractivity contribution >= 4 is 17.7 Å². The van der Waals surface area contributed by atoms with Gasteiger partial charge in [0.2, 0.25) is 0 Å². The van der Waals surface area contributed by atoms with Crippen LogP contribution in [-0.4, -0.2) is 30.0 Å². The van der Waals surface area contributed by atoms with E-state index in [0.717, 1.165) is 24.2 Å². The first-order valence-electron chi connectivity index (χ1n) is 9.21. The number of aryl methyl sites for hydroxylation is 1. The zero-order valence-corrected chi connectivity index (χ0v) is 17.0. The molecular weight excluding hydrogens is 342 g/mol. The third kappa shape index (κ3) is 3.61. The molecule has 0 aromatic heterocycles. The third-order valence-electron chi connectivity index (χ3n) is 4.84. The molecule has 0 radical (unpaired) electrons. The van der Waals surface area contributed by atoms with Crippen molar-refractivity contribution in [1.82, 2.24) is 4.90 Å². The Kier molecular flexibility index (Phi) is 5.61. The molecule has 1 heterocycles. The fraction of sp³-hybridized carbons (Fsp3) is 0.409. The second kappa shape index (κ2) is 7.75. The second-order valence-electron chi connectivity index (χ2n) is 7.26. The van der Waals surface area contributed by atoms with E-state index >= 15 is 0 Å². The Labute approximate surface area is 160 Å². The highest BCUT2D eigenvalue weighted by Crippen LogP contribution is 2.39. The van der Waals surface area contributed by atoms with Crippen molar-refractivity contribution in [3.8, 4) is 5.75 Å². The Morgan fingerprint density at radius 3 is 2.42 bits per heavy atom. The molecule has 0 unspecified atom stereocenters. The highest BCUT2D eigenvalue weighted by Gasteiger charge is 2.26. The number of carbonyl (C=O) groups excluding carboxylic acids is 1. The standard InChI is InChI=1S/C22H27NO2S/c1-14(2)23(15(3)4)22(24)19-7-6-8-21-18(19)11-9-16-13-17(25-5)10-12-20(16)26-21/h6-8,10,12-15H,9,11H2,1-5H3. The SMILES string of the molecule is COc1ccc2c(c1)CCc1c(cccc1C(=O)N(C(C)C)C(C)C)S2. The zero-order valence-electron chi connectivity index (χ0n) is 16.2. The molecule has 1 aliphatic heterocycles. The number of carbonyl (C=O) groups is 1. The van der Waals surface area contributed by atoms with Gasteiger partial charge in [-0.3, -0.25) is 4.79 Å². The van der Waals surface area contributed by atoms with Gasteiger partial charge in [-0.1, -0.05) is 17.8 Å². The van der Waals surface area contributed by atoms with Gasteiger partial charge >= 0.3 is 0 Å². The summed E-state index contributed by atoms with van der Waals surface area (Å²) in [6.07, 6.45) is 1.79. The summed E-state index contributed by atoms with van der Waals surface area (Å²) in [5, 5.41) is 0. The topological polar surface area (TPSA) is 29.5 Å². The van der Waals surface area contributed by atoms with Crippen molar-refractivity contribution in [3.05, 3.63) is 53.1 Å².